The molecule has 0 saturated carbocycles. The van der Waals surface area contributed by atoms with Crippen LogP contribution in [0.2, 0.25) is 0 Å². The zero-order valence-electron chi connectivity index (χ0n) is 36.4. The summed E-state index contributed by atoms with van der Waals surface area (Å²) in [6.45, 7) is 4.36. The van der Waals surface area contributed by atoms with Crippen molar-refractivity contribution in [3.63, 3.8) is 0 Å². The highest BCUT2D eigenvalue weighted by Crippen LogP contribution is 2.43. The zero-order chi connectivity index (χ0) is 40.7. The van der Waals surface area contributed by atoms with Crippen LogP contribution < -0.4 is 0 Å². The molecule has 0 radical (unpaired) electrons. The molecule has 0 fully saturated rings. The van der Waals surface area contributed by atoms with E-state index in [9.17, 15) is 19.0 Å². The Morgan fingerprint density at radius 2 is 1.02 bits per heavy atom. The highest BCUT2D eigenvalue weighted by Gasteiger charge is 2.27. The molecular weight excluding hydrogens is 713 g/mol. The van der Waals surface area contributed by atoms with Crippen LogP contribution in [0.1, 0.15) is 200 Å². The van der Waals surface area contributed by atoms with E-state index in [0.29, 0.717) is 23.9 Å². The smallest absolute Gasteiger partial charge is 0.462 e. The lowest BCUT2D eigenvalue weighted by molar-refractivity contribution is -0.870. The van der Waals surface area contributed by atoms with Crippen molar-refractivity contribution < 1.29 is 42.1 Å². The van der Waals surface area contributed by atoms with Crippen LogP contribution in [0.4, 0.5) is 0 Å². The number of hydrogen-bond donors (Lipinski definition) is 1. The molecule has 0 saturated heterocycles. The van der Waals surface area contributed by atoms with Crippen LogP contribution in [0.15, 0.2) is 24.3 Å². The van der Waals surface area contributed by atoms with Gasteiger partial charge in [0.2, 0.25) is 0 Å². The van der Waals surface area contributed by atoms with Gasteiger partial charge in [0, 0.05) is 12.8 Å². The number of hydrogen-bond acceptors (Lipinski definition) is 7. The van der Waals surface area contributed by atoms with Gasteiger partial charge in [-0.1, -0.05) is 173 Å². The maximum absolute atomic E-state index is 12.7. The maximum Gasteiger partial charge on any atom is 0.472 e. The minimum atomic E-state index is -4.37. The average Bonchev–Trinajstić information content (AvgIpc) is 3.13. The predicted molar refractivity (Wildman–Crippen MR) is 229 cm³/mol. The van der Waals surface area contributed by atoms with E-state index in [2.05, 4.69) is 38.2 Å². The summed E-state index contributed by atoms with van der Waals surface area (Å²) < 4.78 is 34.3. The van der Waals surface area contributed by atoms with Gasteiger partial charge in [-0.2, -0.15) is 0 Å². The fourth-order valence-electron chi connectivity index (χ4n) is 6.17. The fraction of sp³-hybridized carbons (Fsp3) is 0.867. The summed E-state index contributed by atoms with van der Waals surface area (Å²) in [6, 6.07) is 0. The second kappa shape index (κ2) is 38.0. The molecule has 0 bridgehead atoms. The lowest BCUT2D eigenvalue weighted by Crippen LogP contribution is -2.37. The molecule has 0 aromatic rings. The number of carbonyl (C=O) groups is 2. The molecule has 0 aliphatic carbocycles. The Balaban J connectivity index is 4.30. The van der Waals surface area contributed by atoms with Crippen molar-refractivity contribution in [1.82, 2.24) is 0 Å². The molecule has 324 valence electrons. The highest BCUT2D eigenvalue weighted by atomic mass is 31.2. The second-order valence-corrected chi connectivity index (χ2v) is 17.9. The first-order valence-corrected chi connectivity index (χ1v) is 24.1. The summed E-state index contributed by atoms with van der Waals surface area (Å²) in [6.07, 6.45) is 40.8. The predicted octanol–water partition coefficient (Wildman–Crippen LogP) is 12.7. The minimum Gasteiger partial charge on any atom is -0.462 e. The highest BCUT2D eigenvalue weighted by molar-refractivity contribution is 7.47. The van der Waals surface area contributed by atoms with E-state index < -0.39 is 26.5 Å². The quantitative estimate of drug-likeness (QED) is 0.0214. The van der Waals surface area contributed by atoms with Gasteiger partial charge in [0.25, 0.3) is 0 Å². The number of phosphoric ester groups is 1. The minimum absolute atomic E-state index is 0.0306. The Bertz CT molecular complexity index is 996. The normalized spacial score (nSPS) is 13.8. The molecule has 0 spiro atoms. The van der Waals surface area contributed by atoms with Crippen LogP contribution in [0.5, 0.6) is 0 Å². The fourth-order valence-corrected chi connectivity index (χ4v) is 6.91. The number of quaternary nitrogens is 1. The van der Waals surface area contributed by atoms with Crippen LogP contribution in [-0.4, -0.2) is 74.9 Å². The van der Waals surface area contributed by atoms with Gasteiger partial charge in [-0.3, -0.25) is 18.6 Å². The van der Waals surface area contributed by atoms with Crippen molar-refractivity contribution in [1.29, 1.82) is 0 Å². The molecule has 9 nitrogen and oxygen atoms in total. The summed E-state index contributed by atoms with van der Waals surface area (Å²) in [4.78, 5) is 35.3. The number of allylic oxidation sites excluding steroid dienone is 4. The third kappa shape index (κ3) is 41.9. The zero-order valence-corrected chi connectivity index (χ0v) is 37.3. The Labute approximate surface area is 339 Å². The Kier molecular flexibility index (Phi) is 37.0. The molecular formula is C45H87NO8P+. The van der Waals surface area contributed by atoms with Crippen LogP contribution in [0, 0.1) is 0 Å². The van der Waals surface area contributed by atoms with Crippen LogP contribution >= 0.6 is 7.82 Å². The molecule has 2 atom stereocenters. The van der Waals surface area contributed by atoms with Crippen LogP contribution in [0.25, 0.3) is 0 Å². The van der Waals surface area contributed by atoms with Gasteiger partial charge in [-0.25, -0.2) is 4.57 Å². The van der Waals surface area contributed by atoms with Crippen LogP contribution in [0.3, 0.4) is 0 Å². The van der Waals surface area contributed by atoms with E-state index in [4.69, 9.17) is 18.5 Å². The number of carbonyl (C=O) groups excluding carboxylic acids is 2. The number of rotatable bonds is 41. The lowest BCUT2D eigenvalue weighted by atomic mass is 10.0. The summed E-state index contributed by atoms with van der Waals surface area (Å²) in [7, 11) is 1.47. The standard InChI is InChI=1S/C45H86NO8P/c1-6-8-10-12-14-16-18-20-21-22-23-24-26-27-29-31-33-35-37-44(47)51-41-43(42-53-55(49,50)52-40-39-46(3,4)5)54-45(48)38-36-34-32-30-28-25-19-17-15-13-11-9-7-2/h11,13,17,19,43H,6-10,12,14-16,18,20-42H2,1-5H3/p+1/b13-11-,19-17-. The third-order valence-electron chi connectivity index (χ3n) is 9.72. The van der Waals surface area contributed by atoms with Crippen molar-refractivity contribution in [2.45, 2.75) is 206 Å². The monoisotopic (exact) mass is 801 g/mol. The Morgan fingerprint density at radius 3 is 1.51 bits per heavy atom. The molecule has 0 aromatic heterocycles. The molecule has 0 amide bonds. The number of phosphoric acid groups is 1. The van der Waals surface area contributed by atoms with Crippen molar-refractivity contribution >= 4 is 19.8 Å². The number of likely N-dealkylation sites (N-methyl/N-ethyl adjacent to an activating group) is 1. The van der Waals surface area contributed by atoms with Crippen molar-refractivity contribution in [3.8, 4) is 0 Å². The summed E-state index contributed by atoms with van der Waals surface area (Å²) in [5.41, 5.74) is 0. The molecule has 0 aliphatic rings. The van der Waals surface area contributed by atoms with Gasteiger partial charge in [0.15, 0.2) is 6.10 Å². The largest absolute Gasteiger partial charge is 0.472 e. The average molecular weight is 801 g/mol. The molecule has 2 unspecified atom stereocenters. The number of esters is 2. The summed E-state index contributed by atoms with van der Waals surface area (Å²) in [5.74, 6) is -0.808. The first-order chi connectivity index (χ1) is 26.5. The molecule has 55 heavy (non-hydrogen) atoms. The van der Waals surface area contributed by atoms with Gasteiger partial charge < -0.3 is 18.9 Å². The topological polar surface area (TPSA) is 108 Å². The lowest BCUT2D eigenvalue weighted by Gasteiger charge is -2.24. The van der Waals surface area contributed by atoms with Gasteiger partial charge in [-0.15, -0.1) is 0 Å². The van der Waals surface area contributed by atoms with E-state index in [1.165, 1.54) is 103 Å². The maximum atomic E-state index is 12.7. The summed E-state index contributed by atoms with van der Waals surface area (Å²) >= 11 is 0. The van der Waals surface area contributed by atoms with Gasteiger partial charge >= 0.3 is 19.8 Å². The van der Waals surface area contributed by atoms with Crippen molar-refractivity contribution in [2.24, 2.45) is 0 Å². The number of ether oxygens (including phenoxy) is 2. The SMILES string of the molecule is CCC/C=C\C/C=C\CCCCCCCC(=O)OC(COC(=O)CCCCCCCCCCCCCCCCCCCC)COP(=O)(O)OCC[N+](C)(C)C. The third-order valence-corrected chi connectivity index (χ3v) is 10.7. The molecule has 0 aliphatic heterocycles. The first kappa shape index (κ1) is 53.5. The van der Waals surface area contributed by atoms with Gasteiger partial charge in [-0.05, 0) is 38.5 Å². The van der Waals surface area contributed by atoms with E-state index in [0.717, 1.165) is 64.2 Å². The van der Waals surface area contributed by atoms with E-state index >= 15 is 0 Å². The van der Waals surface area contributed by atoms with Crippen LogP contribution in [-0.2, 0) is 32.7 Å². The second-order valence-electron chi connectivity index (χ2n) is 16.4. The molecule has 1 N–H and O–H groups in total. The van der Waals surface area contributed by atoms with Gasteiger partial charge in [0.1, 0.15) is 19.8 Å². The summed E-state index contributed by atoms with van der Waals surface area (Å²) in [5, 5.41) is 0. The Morgan fingerprint density at radius 1 is 0.564 bits per heavy atom. The van der Waals surface area contributed by atoms with E-state index in [1.54, 1.807) is 0 Å². The van der Waals surface area contributed by atoms with E-state index in [1.807, 2.05) is 21.1 Å². The molecule has 0 aromatic carbocycles. The van der Waals surface area contributed by atoms with Crippen molar-refractivity contribution in [2.75, 3.05) is 47.5 Å². The number of unbranched alkanes of at least 4 members (excludes halogenated alkanes) is 23. The van der Waals surface area contributed by atoms with Crippen molar-refractivity contribution in [3.05, 3.63) is 24.3 Å². The number of nitrogens with zero attached hydrogens (tertiary/aromatic N) is 1. The van der Waals surface area contributed by atoms with E-state index in [-0.39, 0.29) is 25.6 Å². The molecule has 0 heterocycles. The Hall–Kier alpha value is -1.51. The van der Waals surface area contributed by atoms with Gasteiger partial charge in [0.05, 0.1) is 27.7 Å². The first-order valence-electron chi connectivity index (χ1n) is 22.6. The molecule has 10 heteroatoms. The molecule has 0 rings (SSSR count).